The van der Waals surface area contributed by atoms with E-state index in [0.29, 0.717) is 6.61 Å². The maximum atomic E-state index is 5.76. The summed E-state index contributed by atoms with van der Waals surface area (Å²) in [4.78, 5) is 1.30. The third-order valence-electron chi connectivity index (χ3n) is 3.02. The zero-order valence-electron chi connectivity index (χ0n) is 11.3. The maximum Gasteiger partial charge on any atom is 0.119 e. The van der Waals surface area contributed by atoms with Gasteiger partial charge in [0.15, 0.2) is 0 Å². The highest BCUT2D eigenvalue weighted by Crippen LogP contribution is 2.22. The van der Waals surface area contributed by atoms with E-state index in [1.807, 2.05) is 18.2 Å². The number of hydrazine groups is 1. The average molecular weight is 276 g/mol. The Hall–Kier alpha value is -1.36. The monoisotopic (exact) mass is 276 g/mol. The van der Waals surface area contributed by atoms with E-state index in [2.05, 4.69) is 36.8 Å². The molecule has 1 atom stereocenters. The van der Waals surface area contributed by atoms with Gasteiger partial charge in [-0.15, -0.1) is 11.3 Å². The molecule has 0 saturated carbocycles. The molecule has 1 aromatic carbocycles. The molecule has 1 unspecified atom stereocenters. The fourth-order valence-electron chi connectivity index (χ4n) is 1.99. The molecule has 2 aromatic rings. The standard InChI is InChI=1S/C15H20N2OS/c1-11-4-3-5-14(8-11)18-7-6-15(17-16)13-9-12(2)19-10-13/h3-5,8-10,15,17H,6-7,16H2,1-2H3. The summed E-state index contributed by atoms with van der Waals surface area (Å²) in [7, 11) is 0. The van der Waals surface area contributed by atoms with Crippen LogP contribution in [0.2, 0.25) is 0 Å². The first-order chi connectivity index (χ1) is 9.19. The minimum atomic E-state index is 0.148. The number of thiophene rings is 1. The second-order valence-electron chi connectivity index (χ2n) is 4.66. The molecule has 3 N–H and O–H groups in total. The summed E-state index contributed by atoms with van der Waals surface area (Å²) in [5, 5.41) is 2.15. The number of rotatable bonds is 6. The van der Waals surface area contributed by atoms with Crippen molar-refractivity contribution in [3.05, 3.63) is 51.7 Å². The van der Waals surface area contributed by atoms with Crippen LogP contribution in [0.15, 0.2) is 35.7 Å². The highest BCUT2D eigenvalue weighted by Gasteiger charge is 2.11. The molecule has 0 saturated heterocycles. The first kappa shape index (κ1) is 14.1. The number of hydrogen-bond donors (Lipinski definition) is 2. The van der Waals surface area contributed by atoms with Crippen LogP contribution in [0, 0.1) is 13.8 Å². The number of nitrogens with one attached hydrogen (secondary N) is 1. The molecular formula is C15H20N2OS. The van der Waals surface area contributed by atoms with Crippen molar-refractivity contribution in [2.45, 2.75) is 26.3 Å². The Kier molecular flexibility index (Phi) is 4.96. The molecule has 0 bridgehead atoms. The van der Waals surface area contributed by atoms with E-state index < -0.39 is 0 Å². The van der Waals surface area contributed by atoms with Crippen LogP contribution in [0.25, 0.3) is 0 Å². The molecule has 0 amide bonds. The molecule has 0 radical (unpaired) electrons. The van der Waals surface area contributed by atoms with Crippen molar-refractivity contribution in [1.82, 2.24) is 5.43 Å². The van der Waals surface area contributed by atoms with Gasteiger partial charge in [-0.2, -0.15) is 0 Å². The van der Waals surface area contributed by atoms with Gasteiger partial charge in [-0.3, -0.25) is 11.3 Å². The lowest BCUT2D eigenvalue weighted by molar-refractivity contribution is 0.287. The van der Waals surface area contributed by atoms with E-state index >= 15 is 0 Å². The molecular weight excluding hydrogens is 256 g/mol. The molecule has 3 nitrogen and oxygen atoms in total. The van der Waals surface area contributed by atoms with Gasteiger partial charge in [0.25, 0.3) is 0 Å². The van der Waals surface area contributed by atoms with E-state index in [1.54, 1.807) is 11.3 Å². The quantitative estimate of drug-likeness (QED) is 0.628. The third-order valence-corrected chi connectivity index (χ3v) is 3.90. The topological polar surface area (TPSA) is 47.3 Å². The van der Waals surface area contributed by atoms with Gasteiger partial charge in [-0.25, -0.2) is 0 Å². The molecule has 1 aromatic heterocycles. The van der Waals surface area contributed by atoms with Crippen LogP contribution >= 0.6 is 11.3 Å². The highest BCUT2D eigenvalue weighted by molar-refractivity contribution is 7.10. The molecule has 0 aliphatic carbocycles. The number of nitrogens with two attached hydrogens (primary N) is 1. The van der Waals surface area contributed by atoms with Crippen LogP contribution < -0.4 is 16.0 Å². The van der Waals surface area contributed by atoms with Crippen LogP contribution in [0.5, 0.6) is 5.75 Å². The lowest BCUT2D eigenvalue weighted by atomic mass is 10.1. The van der Waals surface area contributed by atoms with Crippen LogP contribution in [-0.2, 0) is 0 Å². The van der Waals surface area contributed by atoms with Gasteiger partial charge in [-0.1, -0.05) is 12.1 Å². The molecule has 102 valence electrons. The second-order valence-corrected chi connectivity index (χ2v) is 5.78. The van der Waals surface area contributed by atoms with E-state index in [-0.39, 0.29) is 6.04 Å². The van der Waals surface area contributed by atoms with Crippen LogP contribution in [0.4, 0.5) is 0 Å². The molecule has 0 aliphatic rings. The molecule has 2 rings (SSSR count). The van der Waals surface area contributed by atoms with E-state index in [1.165, 1.54) is 16.0 Å². The lowest BCUT2D eigenvalue weighted by Crippen LogP contribution is -2.29. The summed E-state index contributed by atoms with van der Waals surface area (Å²) >= 11 is 1.74. The normalized spacial score (nSPS) is 12.4. The van der Waals surface area contributed by atoms with Crippen LogP contribution in [0.1, 0.15) is 28.5 Å². The number of ether oxygens (including phenoxy) is 1. The number of benzene rings is 1. The van der Waals surface area contributed by atoms with Gasteiger partial charge in [0.2, 0.25) is 0 Å². The Morgan fingerprint density at radius 3 is 2.79 bits per heavy atom. The largest absolute Gasteiger partial charge is 0.494 e. The van der Waals surface area contributed by atoms with Crippen molar-refractivity contribution in [2.24, 2.45) is 5.84 Å². The first-order valence-electron chi connectivity index (χ1n) is 6.39. The predicted molar refractivity (Wildman–Crippen MR) is 80.4 cm³/mol. The fourth-order valence-corrected chi connectivity index (χ4v) is 2.75. The summed E-state index contributed by atoms with van der Waals surface area (Å²) in [5.74, 6) is 6.53. The second kappa shape index (κ2) is 6.70. The zero-order valence-corrected chi connectivity index (χ0v) is 12.2. The maximum absolute atomic E-state index is 5.76. The summed E-state index contributed by atoms with van der Waals surface area (Å²) in [6, 6.07) is 10.4. The van der Waals surface area contributed by atoms with Crippen molar-refractivity contribution in [1.29, 1.82) is 0 Å². The minimum absolute atomic E-state index is 0.148. The predicted octanol–water partition coefficient (Wildman–Crippen LogP) is 3.34. The van der Waals surface area contributed by atoms with E-state index in [4.69, 9.17) is 10.6 Å². The van der Waals surface area contributed by atoms with Gasteiger partial charge < -0.3 is 4.74 Å². The van der Waals surface area contributed by atoms with Gasteiger partial charge >= 0.3 is 0 Å². The van der Waals surface area contributed by atoms with E-state index in [9.17, 15) is 0 Å². The smallest absolute Gasteiger partial charge is 0.119 e. The van der Waals surface area contributed by atoms with Crippen LogP contribution in [0.3, 0.4) is 0 Å². The SMILES string of the molecule is Cc1cccc(OCCC(NN)c2csc(C)c2)c1. The molecule has 19 heavy (non-hydrogen) atoms. The summed E-state index contributed by atoms with van der Waals surface area (Å²) in [6.45, 7) is 4.81. The Morgan fingerprint density at radius 2 is 2.16 bits per heavy atom. The van der Waals surface area contributed by atoms with Crippen molar-refractivity contribution < 1.29 is 4.74 Å². The van der Waals surface area contributed by atoms with Gasteiger partial charge in [-0.05, 0) is 48.6 Å². The summed E-state index contributed by atoms with van der Waals surface area (Å²) in [5.41, 5.74) is 5.30. The van der Waals surface area contributed by atoms with Gasteiger partial charge in [0.1, 0.15) is 5.75 Å². The van der Waals surface area contributed by atoms with Crippen LogP contribution in [-0.4, -0.2) is 6.61 Å². The first-order valence-corrected chi connectivity index (χ1v) is 7.27. The highest BCUT2D eigenvalue weighted by atomic mass is 32.1. The molecule has 4 heteroatoms. The molecule has 0 fully saturated rings. The van der Waals surface area contributed by atoms with E-state index in [0.717, 1.165) is 12.2 Å². The Bertz CT molecular complexity index is 524. The number of hydrogen-bond acceptors (Lipinski definition) is 4. The average Bonchev–Trinajstić information content (AvgIpc) is 2.81. The lowest BCUT2D eigenvalue weighted by Gasteiger charge is -2.15. The third kappa shape index (κ3) is 4.06. The number of aryl methyl sites for hydroxylation is 2. The molecule has 0 spiro atoms. The Balaban J connectivity index is 1.87. The van der Waals surface area contributed by atoms with Gasteiger partial charge in [0, 0.05) is 11.3 Å². The van der Waals surface area contributed by atoms with Gasteiger partial charge in [0.05, 0.1) is 12.6 Å². The summed E-state index contributed by atoms with van der Waals surface area (Å²) in [6.07, 6.45) is 0.848. The Labute approximate surface area is 118 Å². The summed E-state index contributed by atoms with van der Waals surface area (Å²) < 4.78 is 5.76. The molecule has 1 heterocycles. The molecule has 0 aliphatic heterocycles. The van der Waals surface area contributed by atoms with Crippen molar-refractivity contribution in [3.8, 4) is 5.75 Å². The fraction of sp³-hybridized carbons (Fsp3) is 0.333. The Morgan fingerprint density at radius 1 is 1.32 bits per heavy atom. The van der Waals surface area contributed by atoms with Crippen molar-refractivity contribution in [2.75, 3.05) is 6.61 Å². The van der Waals surface area contributed by atoms with Crippen molar-refractivity contribution in [3.63, 3.8) is 0 Å². The van der Waals surface area contributed by atoms with Crippen molar-refractivity contribution >= 4 is 11.3 Å². The zero-order chi connectivity index (χ0) is 13.7. The minimum Gasteiger partial charge on any atom is -0.494 e.